The predicted molar refractivity (Wildman–Crippen MR) is 66.5 cm³/mol. The Labute approximate surface area is 102 Å². The van der Waals surface area contributed by atoms with E-state index in [2.05, 4.69) is 25.9 Å². The lowest BCUT2D eigenvalue weighted by atomic mass is 9.90. The average molecular weight is 245 g/mol. The first kappa shape index (κ1) is 13.5. The van der Waals surface area contributed by atoms with Crippen LogP contribution in [-0.2, 0) is 6.54 Å². The van der Waals surface area contributed by atoms with Gasteiger partial charge in [0.15, 0.2) is 0 Å². The molecule has 92 valence electrons. The lowest BCUT2D eigenvalue weighted by Gasteiger charge is -2.23. The van der Waals surface area contributed by atoms with Gasteiger partial charge in [-0.25, -0.2) is 0 Å². The highest BCUT2D eigenvalue weighted by molar-refractivity contribution is 6.31. The van der Waals surface area contributed by atoms with Gasteiger partial charge in [-0.2, -0.15) is 5.10 Å². The largest absolute Gasteiger partial charge is 0.386 e. The molecular formula is C12H21ClN2O. The van der Waals surface area contributed by atoms with Gasteiger partial charge in [0.05, 0.1) is 23.0 Å². The number of aryl methyl sites for hydroxylation is 1. The van der Waals surface area contributed by atoms with E-state index >= 15 is 0 Å². The van der Waals surface area contributed by atoms with Crippen LogP contribution in [0.25, 0.3) is 0 Å². The van der Waals surface area contributed by atoms with Gasteiger partial charge in [0.2, 0.25) is 0 Å². The molecule has 1 rings (SSSR count). The minimum absolute atomic E-state index is 0.171. The van der Waals surface area contributed by atoms with E-state index in [1.54, 1.807) is 6.20 Å². The molecule has 2 atom stereocenters. The molecule has 0 saturated carbocycles. The van der Waals surface area contributed by atoms with Gasteiger partial charge in [-0.3, -0.25) is 4.68 Å². The number of hydrogen-bond donors (Lipinski definition) is 1. The molecule has 2 unspecified atom stereocenters. The molecule has 0 aliphatic carbocycles. The third-order valence-corrected chi connectivity index (χ3v) is 3.39. The van der Waals surface area contributed by atoms with Crippen LogP contribution in [0.1, 0.15) is 45.9 Å². The summed E-state index contributed by atoms with van der Waals surface area (Å²) in [4.78, 5) is 0. The summed E-state index contributed by atoms with van der Waals surface area (Å²) < 4.78 is 1.81. The van der Waals surface area contributed by atoms with Crippen molar-refractivity contribution in [2.45, 2.75) is 46.8 Å². The van der Waals surface area contributed by atoms with Crippen molar-refractivity contribution in [3.63, 3.8) is 0 Å². The average Bonchev–Trinajstić information content (AvgIpc) is 2.58. The summed E-state index contributed by atoms with van der Waals surface area (Å²) >= 11 is 6.08. The van der Waals surface area contributed by atoms with Gasteiger partial charge in [0.25, 0.3) is 0 Å². The summed E-state index contributed by atoms with van der Waals surface area (Å²) in [7, 11) is 0. The van der Waals surface area contributed by atoms with Gasteiger partial charge >= 0.3 is 0 Å². The molecule has 1 heterocycles. The third kappa shape index (κ3) is 2.77. The normalized spacial score (nSPS) is 15.4. The zero-order valence-electron chi connectivity index (χ0n) is 10.4. The fourth-order valence-electron chi connectivity index (χ4n) is 1.67. The summed E-state index contributed by atoms with van der Waals surface area (Å²) in [5.41, 5.74) is 0.754. The molecule has 16 heavy (non-hydrogen) atoms. The van der Waals surface area contributed by atoms with Gasteiger partial charge in [-0.1, -0.05) is 39.3 Å². The van der Waals surface area contributed by atoms with Crippen LogP contribution >= 0.6 is 11.6 Å². The number of nitrogens with zero attached hydrogens (tertiary/aromatic N) is 2. The summed E-state index contributed by atoms with van der Waals surface area (Å²) in [6.45, 7) is 9.11. The Morgan fingerprint density at radius 1 is 1.44 bits per heavy atom. The second kappa shape index (κ2) is 5.69. The molecule has 1 aromatic rings. The van der Waals surface area contributed by atoms with Crippen molar-refractivity contribution >= 4 is 11.6 Å². The zero-order chi connectivity index (χ0) is 12.3. The summed E-state index contributed by atoms with van der Waals surface area (Å²) in [5.74, 6) is 0.584. The molecule has 0 bridgehead atoms. The van der Waals surface area contributed by atoms with Crippen LogP contribution in [0.15, 0.2) is 6.20 Å². The summed E-state index contributed by atoms with van der Waals surface area (Å²) in [6.07, 6.45) is 2.05. The van der Waals surface area contributed by atoms with Crippen molar-refractivity contribution in [1.29, 1.82) is 0 Å². The minimum atomic E-state index is -0.540. The van der Waals surface area contributed by atoms with Crippen molar-refractivity contribution in [3.05, 3.63) is 16.9 Å². The van der Waals surface area contributed by atoms with E-state index in [0.29, 0.717) is 10.9 Å². The maximum Gasteiger partial charge on any atom is 0.0999 e. The van der Waals surface area contributed by atoms with E-state index in [0.717, 1.165) is 18.7 Å². The molecule has 0 amide bonds. The fraction of sp³-hybridized carbons (Fsp3) is 0.750. The van der Waals surface area contributed by atoms with E-state index in [9.17, 15) is 5.11 Å². The van der Waals surface area contributed by atoms with Gasteiger partial charge in [-0.15, -0.1) is 0 Å². The van der Waals surface area contributed by atoms with Crippen molar-refractivity contribution in [3.8, 4) is 0 Å². The molecule has 0 aliphatic heterocycles. The molecule has 1 N–H and O–H groups in total. The van der Waals surface area contributed by atoms with Crippen molar-refractivity contribution in [1.82, 2.24) is 9.78 Å². The lowest BCUT2D eigenvalue weighted by Crippen LogP contribution is -2.19. The van der Waals surface area contributed by atoms with E-state index in [4.69, 9.17) is 11.6 Å². The van der Waals surface area contributed by atoms with Crippen LogP contribution in [0.4, 0.5) is 0 Å². The highest BCUT2D eigenvalue weighted by Gasteiger charge is 2.25. The number of rotatable bonds is 5. The highest BCUT2D eigenvalue weighted by atomic mass is 35.5. The lowest BCUT2D eigenvalue weighted by molar-refractivity contribution is 0.0835. The van der Waals surface area contributed by atoms with Crippen LogP contribution < -0.4 is 0 Å². The Hall–Kier alpha value is -0.540. The minimum Gasteiger partial charge on any atom is -0.386 e. The van der Waals surface area contributed by atoms with Crippen molar-refractivity contribution < 1.29 is 5.11 Å². The Balaban J connectivity index is 2.96. The molecule has 0 aliphatic rings. The zero-order valence-corrected chi connectivity index (χ0v) is 11.2. The molecule has 4 heteroatoms. The second-order valence-electron chi connectivity index (χ2n) is 4.65. The first-order chi connectivity index (χ1) is 7.49. The monoisotopic (exact) mass is 244 g/mol. The van der Waals surface area contributed by atoms with Crippen molar-refractivity contribution in [2.24, 2.45) is 11.8 Å². The quantitative estimate of drug-likeness (QED) is 0.863. The van der Waals surface area contributed by atoms with E-state index in [-0.39, 0.29) is 5.92 Å². The van der Waals surface area contributed by atoms with Gasteiger partial charge in [0, 0.05) is 6.54 Å². The maximum absolute atomic E-state index is 10.3. The van der Waals surface area contributed by atoms with Crippen molar-refractivity contribution in [2.75, 3.05) is 0 Å². The van der Waals surface area contributed by atoms with Crippen LogP contribution in [0.3, 0.4) is 0 Å². The molecule has 3 nitrogen and oxygen atoms in total. The second-order valence-corrected chi connectivity index (χ2v) is 5.06. The van der Waals surface area contributed by atoms with Crippen LogP contribution in [0, 0.1) is 11.8 Å². The highest BCUT2D eigenvalue weighted by Crippen LogP contribution is 2.31. The van der Waals surface area contributed by atoms with Crippen LogP contribution in [0.2, 0.25) is 5.02 Å². The van der Waals surface area contributed by atoms with E-state index in [1.165, 1.54) is 0 Å². The Bertz CT molecular complexity index is 336. The SMILES string of the molecule is CCCn1ncc(Cl)c1C(O)C(C)C(C)C. The van der Waals surface area contributed by atoms with Gasteiger partial charge in [-0.05, 0) is 18.3 Å². The first-order valence-electron chi connectivity index (χ1n) is 5.88. The molecule has 0 radical (unpaired) electrons. The number of hydrogen-bond acceptors (Lipinski definition) is 2. The number of aliphatic hydroxyl groups is 1. The Kier molecular flexibility index (Phi) is 4.81. The van der Waals surface area contributed by atoms with Gasteiger partial charge < -0.3 is 5.11 Å². The summed E-state index contributed by atoms with van der Waals surface area (Å²) in [6, 6.07) is 0. The standard InChI is InChI=1S/C12H21ClN2O/c1-5-6-15-11(10(13)7-14-15)12(16)9(4)8(2)3/h7-9,12,16H,5-6H2,1-4H3. The van der Waals surface area contributed by atoms with Crippen LogP contribution in [-0.4, -0.2) is 14.9 Å². The Morgan fingerprint density at radius 3 is 2.56 bits per heavy atom. The molecular weight excluding hydrogens is 224 g/mol. The predicted octanol–water partition coefficient (Wildman–Crippen LogP) is 3.27. The third-order valence-electron chi connectivity index (χ3n) is 3.10. The number of aliphatic hydroxyl groups excluding tert-OH is 1. The first-order valence-corrected chi connectivity index (χ1v) is 6.26. The van der Waals surface area contributed by atoms with E-state index in [1.807, 2.05) is 11.6 Å². The number of aromatic nitrogens is 2. The topological polar surface area (TPSA) is 38.0 Å². The molecule has 0 saturated heterocycles. The maximum atomic E-state index is 10.3. The molecule has 0 spiro atoms. The van der Waals surface area contributed by atoms with Gasteiger partial charge in [0.1, 0.15) is 0 Å². The molecule has 0 aromatic carbocycles. The van der Waals surface area contributed by atoms with E-state index < -0.39 is 6.10 Å². The number of halogens is 1. The molecule has 0 fully saturated rings. The molecule has 1 aromatic heterocycles. The summed E-state index contributed by atoms with van der Waals surface area (Å²) in [5, 5.41) is 15.0. The Morgan fingerprint density at radius 2 is 2.06 bits per heavy atom. The fourth-order valence-corrected chi connectivity index (χ4v) is 1.92. The smallest absolute Gasteiger partial charge is 0.0999 e. The van der Waals surface area contributed by atoms with Crippen LogP contribution in [0.5, 0.6) is 0 Å².